The average Bonchev–Trinajstić information content (AvgIpc) is 2.69. The lowest BCUT2D eigenvalue weighted by atomic mass is 9.84. The fourth-order valence-electron chi connectivity index (χ4n) is 1.72. The summed E-state index contributed by atoms with van der Waals surface area (Å²) in [6.45, 7) is 10.8. The lowest BCUT2D eigenvalue weighted by Gasteiger charge is -2.30. The zero-order valence-electron chi connectivity index (χ0n) is 13.2. The number of carbonyl (C=O) groups is 2. The van der Waals surface area contributed by atoms with Crippen molar-refractivity contribution < 1.29 is 24.0 Å². The highest BCUT2D eigenvalue weighted by molar-refractivity contribution is 5.88. The Morgan fingerprint density at radius 2 is 1.86 bits per heavy atom. The van der Waals surface area contributed by atoms with Crippen LogP contribution in [-0.2, 0) is 4.74 Å². The Bertz CT molecular complexity index is 522. The van der Waals surface area contributed by atoms with E-state index in [4.69, 9.17) is 14.4 Å². The molecule has 0 spiro atoms. The van der Waals surface area contributed by atoms with Crippen molar-refractivity contribution >= 4 is 12.1 Å². The second kappa shape index (κ2) is 5.75. The molecule has 7 heteroatoms. The molecule has 0 aliphatic carbocycles. The number of ether oxygens (including phenoxy) is 1. The fraction of sp³-hybridized carbons (Fsp3) is 0.643. The first-order chi connectivity index (χ1) is 9.42. The molecule has 118 valence electrons. The Morgan fingerprint density at radius 1 is 1.29 bits per heavy atom. The summed E-state index contributed by atoms with van der Waals surface area (Å²) in [5.74, 6) is -1.06. The first-order valence-electron chi connectivity index (χ1n) is 6.59. The third kappa shape index (κ3) is 4.77. The van der Waals surface area contributed by atoms with Crippen molar-refractivity contribution in [1.82, 2.24) is 10.5 Å². The van der Waals surface area contributed by atoms with Crippen LogP contribution in [0, 0.1) is 5.41 Å². The van der Waals surface area contributed by atoms with Crippen LogP contribution in [0.1, 0.15) is 63.7 Å². The Morgan fingerprint density at radius 3 is 2.29 bits per heavy atom. The maximum absolute atomic E-state index is 11.9. The van der Waals surface area contributed by atoms with E-state index in [1.54, 1.807) is 20.8 Å². The molecule has 0 aromatic carbocycles. The van der Waals surface area contributed by atoms with Gasteiger partial charge in [-0.25, -0.2) is 9.59 Å². The van der Waals surface area contributed by atoms with Crippen molar-refractivity contribution in [3.05, 3.63) is 17.5 Å². The van der Waals surface area contributed by atoms with E-state index in [-0.39, 0.29) is 11.3 Å². The van der Waals surface area contributed by atoms with Gasteiger partial charge in [-0.3, -0.25) is 0 Å². The van der Waals surface area contributed by atoms with Gasteiger partial charge in [-0.15, -0.1) is 0 Å². The van der Waals surface area contributed by atoms with E-state index >= 15 is 0 Å². The molecule has 0 fully saturated rings. The maximum atomic E-state index is 11.9. The normalized spacial score (nSPS) is 13.6. The molecule has 1 rings (SSSR count). The second-order valence-electron chi connectivity index (χ2n) is 6.85. The van der Waals surface area contributed by atoms with Gasteiger partial charge >= 0.3 is 12.1 Å². The quantitative estimate of drug-likeness (QED) is 0.889. The standard InChI is InChI=1S/C14H22N2O5/c1-13(2,3)10(16-12(19)20-14(4,5)6)9-8(11(17)18)7-15-21-9/h7,10H,1-6H3,(H,16,19)(H,17,18). The van der Waals surface area contributed by atoms with Gasteiger partial charge in [0.2, 0.25) is 0 Å². The van der Waals surface area contributed by atoms with Gasteiger partial charge in [0, 0.05) is 0 Å². The van der Waals surface area contributed by atoms with E-state index in [9.17, 15) is 9.59 Å². The minimum atomic E-state index is -1.16. The van der Waals surface area contributed by atoms with E-state index in [2.05, 4.69) is 10.5 Å². The first-order valence-corrected chi connectivity index (χ1v) is 6.59. The first kappa shape index (κ1) is 17.0. The fourth-order valence-corrected chi connectivity index (χ4v) is 1.72. The zero-order valence-corrected chi connectivity index (χ0v) is 13.2. The molecule has 0 bridgehead atoms. The molecule has 0 radical (unpaired) electrons. The lowest BCUT2D eigenvalue weighted by Crippen LogP contribution is -2.40. The Hall–Kier alpha value is -2.05. The predicted molar refractivity (Wildman–Crippen MR) is 75.0 cm³/mol. The number of carbonyl (C=O) groups excluding carboxylic acids is 1. The van der Waals surface area contributed by atoms with Crippen molar-refractivity contribution in [2.75, 3.05) is 0 Å². The molecule has 21 heavy (non-hydrogen) atoms. The number of carboxylic acids is 1. The third-order valence-corrected chi connectivity index (χ3v) is 2.62. The van der Waals surface area contributed by atoms with Gasteiger partial charge in [0.05, 0.1) is 12.2 Å². The van der Waals surface area contributed by atoms with Crippen molar-refractivity contribution in [3.8, 4) is 0 Å². The van der Waals surface area contributed by atoms with Crippen molar-refractivity contribution in [1.29, 1.82) is 0 Å². The zero-order chi connectivity index (χ0) is 16.4. The monoisotopic (exact) mass is 298 g/mol. The minimum absolute atomic E-state index is 0.0778. The molecule has 0 aliphatic rings. The minimum Gasteiger partial charge on any atom is -0.478 e. The summed E-state index contributed by atoms with van der Waals surface area (Å²) in [7, 11) is 0. The van der Waals surface area contributed by atoms with Crippen LogP contribution in [0.2, 0.25) is 0 Å². The van der Waals surface area contributed by atoms with Crippen LogP contribution in [-0.4, -0.2) is 27.9 Å². The van der Waals surface area contributed by atoms with Gasteiger partial charge in [0.25, 0.3) is 0 Å². The summed E-state index contributed by atoms with van der Waals surface area (Å²) in [4.78, 5) is 23.1. The van der Waals surface area contributed by atoms with Crippen molar-refractivity contribution in [3.63, 3.8) is 0 Å². The van der Waals surface area contributed by atoms with Crippen LogP contribution >= 0.6 is 0 Å². The van der Waals surface area contributed by atoms with Gasteiger partial charge in [-0.1, -0.05) is 25.9 Å². The van der Waals surface area contributed by atoms with E-state index in [0.29, 0.717) is 0 Å². The number of hydrogen-bond acceptors (Lipinski definition) is 5. The van der Waals surface area contributed by atoms with E-state index in [0.717, 1.165) is 6.20 Å². The largest absolute Gasteiger partial charge is 0.478 e. The van der Waals surface area contributed by atoms with Gasteiger partial charge in [0.15, 0.2) is 5.76 Å². The number of carboxylic acid groups (broad SMARTS) is 1. The van der Waals surface area contributed by atoms with E-state index < -0.39 is 29.1 Å². The topological polar surface area (TPSA) is 102 Å². The third-order valence-electron chi connectivity index (χ3n) is 2.62. The number of hydrogen-bond donors (Lipinski definition) is 2. The number of aromatic carboxylic acids is 1. The highest BCUT2D eigenvalue weighted by Crippen LogP contribution is 2.34. The number of nitrogens with zero attached hydrogens (tertiary/aromatic N) is 1. The summed E-state index contributed by atoms with van der Waals surface area (Å²) >= 11 is 0. The Kier molecular flexibility index (Phi) is 4.65. The molecule has 0 saturated carbocycles. The molecule has 0 aliphatic heterocycles. The number of amides is 1. The molecule has 0 saturated heterocycles. The van der Waals surface area contributed by atoms with E-state index in [1.807, 2.05) is 20.8 Å². The number of rotatable bonds is 3. The van der Waals surface area contributed by atoms with Crippen molar-refractivity contribution in [2.45, 2.75) is 53.2 Å². The number of alkyl carbamates (subject to hydrolysis) is 1. The van der Waals surface area contributed by atoms with Crippen LogP contribution in [0.25, 0.3) is 0 Å². The predicted octanol–water partition coefficient (Wildman–Crippen LogP) is 2.98. The molecule has 1 aromatic heterocycles. The maximum Gasteiger partial charge on any atom is 0.408 e. The highest BCUT2D eigenvalue weighted by atomic mass is 16.6. The molecular weight excluding hydrogens is 276 g/mol. The summed E-state index contributed by atoms with van der Waals surface area (Å²) in [6, 6.07) is -0.680. The molecule has 1 aromatic rings. The van der Waals surface area contributed by atoms with Gasteiger partial charge in [0.1, 0.15) is 11.2 Å². The van der Waals surface area contributed by atoms with Crippen LogP contribution in [0.4, 0.5) is 4.79 Å². The second-order valence-corrected chi connectivity index (χ2v) is 6.85. The molecule has 1 amide bonds. The number of nitrogens with one attached hydrogen (secondary N) is 1. The molecular formula is C14H22N2O5. The summed E-state index contributed by atoms with van der Waals surface area (Å²) in [5.41, 5.74) is -1.21. The summed E-state index contributed by atoms with van der Waals surface area (Å²) in [5, 5.41) is 15.3. The number of aromatic nitrogens is 1. The lowest BCUT2D eigenvalue weighted by molar-refractivity contribution is 0.0441. The Labute approximate surface area is 123 Å². The van der Waals surface area contributed by atoms with Gasteiger partial charge < -0.3 is 19.7 Å². The smallest absolute Gasteiger partial charge is 0.408 e. The molecule has 2 N–H and O–H groups in total. The molecule has 7 nitrogen and oxygen atoms in total. The van der Waals surface area contributed by atoms with E-state index in [1.165, 1.54) is 0 Å². The molecule has 1 heterocycles. The van der Waals surface area contributed by atoms with Gasteiger partial charge in [-0.05, 0) is 26.2 Å². The molecule has 1 unspecified atom stereocenters. The summed E-state index contributed by atoms with van der Waals surface area (Å²) < 4.78 is 10.2. The van der Waals surface area contributed by atoms with Crippen molar-refractivity contribution in [2.24, 2.45) is 5.41 Å². The highest BCUT2D eigenvalue weighted by Gasteiger charge is 2.35. The van der Waals surface area contributed by atoms with Crippen LogP contribution in [0.15, 0.2) is 10.7 Å². The SMILES string of the molecule is CC(C)(C)OC(=O)NC(c1oncc1C(=O)O)C(C)(C)C. The van der Waals surface area contributed by atoms with Crippen LogP contribution < -0.4 is 5.32 Å². The van der Waals surface area contributed by atoms with Crippen LogP contribution in [0.5, 0.6) is 0 Å². The van der Waals surface area contributed by atoms with Crippen LogP contribution in [0.3, 0.4) is 0 Å². The Balaban J connectivity index is 3.06. The average molecular weight is 298 g/mol. The van der Waals surface area contributed by atoms with Gasteiger partial charge in [-0.2, -0.15) is 0 Å². The molecule has 1 atom stereocenters. The summed E-state index contributed by atoms with van der Waals surface area (Å²) in [6.07, 6.45) is 0.475.